The first-order chi connectivity index (χ1) is 19.4. The molecule has 0 radical (unpaired) electrons. The molecule has 3 rings (SSSR count). The zero-order valence-corrected chi connectivity index (χ0v) is 23.3. The van der Waals surface area contributed by atoms with Crippen LogP contribution in [0.4, 0.5) is 19.3 Å². The molecular weight excluding hydrogens is 562 g/mol. The van der Waals surface area contributed by atoms with Gasteiger partial charge < -0.3 is 19.9 Å². The minimum absolute atomic E-state index is 0.0562. The maximum absolute atomic E-state index is 14.6. The van der Waals surface area contributed by atoms with Crippen LogP contribution < -0.4 is 16.2 Å². The normalized spacial score (nSPS) is 12.9. The summed E-state index contributed by atoms with van der Waals surface area (Å²) in [5.74, 6) is -7.81. The molecular formula is C27H30F2N4O7S. The number of nitrogens with zero attached hydrogens (tertiary/aromatic N) is 2. The molecule has 0 saturated carbocycles. The number of ether oxygens (including phenoxy) is 2. The molecule has 3 N–H and O–H groups in total. The van der Waals surface area contributed by atoms with Gasteiger partial charge in [-0.1, -0.05) is 50.2 Å². The summed E-state index contributed by atoms with van der Waals surface area (Å²) in [5, 5.41) is 16.7. The van der Waals surface area contributed by atoms with E-state index in [1.54, 1.807) is 47.8 Å². The van der Waals surface area contributed by atoms with Crippen LogP contribution in [0.1, 0.15) is 26.3 Å². The lowest BCUT2D eigenvalue weighted by molar-refractivity contribution is -0.192. The Kier molecular flexibility index (Phi) is 10.7. The van der Waals surface area contributed by atoms with Gasteiger partial charge in [0, 0.05) is 0 Å². The number of thiophene rings is 1. The van der Waals surface area contributed by atoms with Crippen LogP contribution in [0.25, 0.3) is 10.7 Å². The Morgan fingerprint density at radius 2 is 1.83 bits per heavy atom. The Labute approximate surface area is 238 Å². The highest BCUT2D eigenvalue weighted by Gasteiger charge is 2.52. The maximum atomic E-state index is 14.6. The molecule has 2 unspecified atom stereocenters. The summed E-state index contributed by atoms with van der Waals surface area (Å²) in [5.41, 5.74) is -0.377. The number of anilines is 1. The van der Waals surface area contributed by atoms with Crippen molar-refractivity contribution in [1.29, 1.82) is 0 Å². The Hall–Kier alpha value is -4.17. The average molecular weight is 593 g/mol. The van der Waals surface area contributed by atoms with Crippen LogP contribution in [0.2, 0.25) is 0 Å². The lowest BCUT2D eigenvalue weighted by Gasteiger charge is -2.31. The number of aromatic nitrogens is 2. The zero-order valence-electron chi connectivity index (χ0n) is 22.5. The van der Waals surface area contributed by atoms with E-state index in [-0.39, 0.29) is 24.7 Å². The van der Waals surface area contributed by atoms with Crippen LogP contribution in [-0.4, -0.2) is 57.3 Å². The Bertz CT molecular complexity index is 1400. The first-order valence-electron chi connectivity index (χ1n) is 12.6. The second-order valence-electron chi connectivity index (χ2n) is 9.18. The van der Waals surface area contributed by atoms with Crippen LogP contribution in [0.5, 0.6) is 0 Å². The number of nitrogens with one attached hydrogen (secondary N) is 2. The summed E-state index contributed by atoms with van der Waals surface area (Å²) in [4.78, 5) is 55.2. The van der Waals surface area contributed by atoms with Crippen LogP contribution >= 0.6 is 11.3 Å². The summed E-state index contributed by atoms with van der Waals surface area (Å²) in [6, 6.07) is 10.6. The van der Waals surface area contributed by atoms with Crippen molar-refractivity contribution in [1.82, 2.24) is 14.9 Å². The number of rotatable bonds is 12. The molecule has 3 aromatic rings. The number of hydrogen-bond donors (Lipinski definition) is 3. The van der Waals surface area contributed by atoms with Crippen molar-refractivity contribution in [3.63, 3.8) is 0 Å². The van der Waals surface area contributed by atoms with Crippen LogP contribution in [-0.2, 0) is 32.2 Å². The SMILES string of the molecule is CCOC(=O)C(F)(F)C(O)C(NC(=O)Cn1c(-c2cccs2)ncc(NC(=O)OCc2ccccc2)c1=O)C(C)C. The molecule has 2 aromatic heterocycles. The van der Waals surface area contributed by atoms with Gasteiger partial charge in [-0.2, -0.15) is 8.78 Å². The molecule has 0 bridgehead atoms. The second-order valence-corrected chi connectivity index (χ2v) is 10.1. The fraction of sp³-hybridized carbons (Fsp3) is 0.370. The molecule has 14 heteroatoms. The fourth-order valence-electron chi connectivity index (χ4n) is 3.76. The molecule has 220 valence electrons. The number of alkyl halides is 2. The van der Waals surface area contributed by atoms with Gasteiger partial charge in [-0.25, -0.2) is 14.6 Å². The first-order valence-corrected chi connectivity index (χ1v) is 13.5. The summed E-state index contributed by atoms with van der Waals surface area (Å²) in [7, 11) is 0. The first kappa shape index (κ1) is 31.4. The van der Waals surface area contributed by atoms with Gasteiger partial charge in [0.15, 0.2) is 5.82 Å². The molecule has 2 atom stereocenters. The number of aliphatic hydroxyl groups excluding tert-OH is 1. The van der Waals surface area contributed by atoms with Crippen LogP contribution in [0, 0.1) is 5.92 Å². The lowest BCUT2D eigenvalue weighted by Crippen LogP contribution is -2.57. The summed E-state index contributed by atoms with van der Waals surface area (Å²) in [6.45, 7) is 3.18. The van der Waals surface area contributed by atoms with Crippen molar-refractivity contribution in [2.75, 3.05) is 11.9 Å². The number of amides is 2. The zero-order chi connectivity index (χ0) is 30.2. The van der Waals surface area contributed by atoms with Gasteiger partial charge in [0.1, 0.15) is 24.9 Å². The van der Waals surface area contributed by atoms with Crippen LogP contribution in [0.3, 0.4) is 0 Å². The minimum atomic E-state index is -4.30. The van der Waals surface area contributed by atoms with Crippen molar-refractivity contribution in [3.05, 3.63) is 70.0 Å². The molecule has 0 spiro atoms. The number of esters is 1. The molecule has 0 aliphatic heterocycles. The van der Waals surface area contributed by atoms with E-state index in [4.69, 9.17) is 4.74 Å². The van der Waals surface area contributed by atoms with E-state index in [9.17, 15) is 33.1 Å². The molecule has 0 aliphatic carbocycles. The van der Waals surface area contributed by atoms with Gasteiger partial charge >= 0.3 is 18.0 Å². The molecule has 2 amide bonds. The number of carbonyl (C=O) groups is 3. The third-order valence-corrected chi connectivity index (χ3v) is 6.71. The van der Waals surface area contributed by atoms with Crippen molar-refractivity contribution < 1.29 is 37.7 Å². The molecule has 41 heavy (non-hydrogen) atoms. The van der Waals surface area contributed by atoms with Crippen molar-refractivity contribution in [2.24, 2.45) is 5.92 Å². The summed E-state index contributed by atoms with van der Waals surface area (Å²) >= 11 is 1.23. The maximum Gasteiger partial charge on any atom is 0.412 e. The van der Waals surface area contributed by atoms with Gasteiger partial charge in [0.25, 0.3) is 5.56 Å². The molecule has 11 nitrogen and oxygen atoms in total. The van der Waals surface area contributed by atoms with E-state index in [1.807, 2.05) is 0 Å². The van der Waals surface area contributed by atoms with E-state index >= 15 is 0 Å². The number of carbonyl (C=O) groups excluding carboxylic acids is 3. The highest BCUT2D eigenvalue weighted by atomic mass is 32.1. The second kappa shape index (κ2) is 13.9. The largest absolute Gasteiger partial charge is 0.461 e. The van der Waals surface area contributed by atoms with Gasteiger partial charge in [-0.15, -0.1) is 11.3 Å². The third kappa shape index (κ3) is 7.95. The van der Waals surface area contributed by atoms with E-state index in [2.05, 4.69) is 20.4 Å². The molecule has 0 saturated heterocycles. The number of aliphatic hydroxyl groups is 1. The van der Waals surface area contributed by atoms with Gasteiger partial charge in [0.05, 0.1) is 23.7 Å². The van der Waals surface area contributed by atoms with Gasteiger partial charge in [-0.3, -0.25) is 19.5 Å². The van der Waals surface area contributed by atoms with Crippen molar-refractivity contribution in [3.8, 4) is 10.7 Å². The Morgan fingerprint density at radius 1 is 1.12 bits per heavy atom. The average Bonchev–Trinajstić information content (AvgIpc) is 3.48. The summed E-state index contributed by atoms with van der Waals surface area (Å²) < 4.78 is 39.6. The topological polar surface area (TPSA) is 149 Å². The van der Waals surface area contributed by atoms with Crippen LogP contribution in [0.15, 0.2) is 58.8 Å². The molecule has 1 aromatic carbocycles. The highest BCUT2D eigenvalue weighted by Crippen LogP contribution is 2.26. The highest BCUT2D eigenvalue weighted by molar-refractivity contribution is 7.13. The quantitative estimate of drug-likeness (QED) is 0.271. The Morgan fingerprint density at radius 3 is 2.44 bits per heavy atom. The monoisotopic (exact) mass is 592 g/mol. The van der Waals surface area contributed by atoms with E-state index in [0.717, 1.165) is 16.3 Å². The summed E-state index contributed by atoms with van der Waals surface area (Å²) in [6.07, 6.45) is -2.42. The molecule has 2 heterocycles. The Balaban J connectivity index is 1.83. The van der Waals surface area contributed by atoms with E-state index in [0.29, 0.717) is 4.88 Å². The third-order valence-electron chi connectivity index (χ3n) is 5.85. The number of benzene rings is 1. The van der Waals surface area contributed by atoms with Crippen molar-refractivity contribution >= 4 is 35.0 Å². The van der Waals surface area contributed by atoms with Gasteiger partial charge in [-0.05, 0) is 29.9 Å². The smallest absolute Gasteiger partial charge is 0.412 e. The number of hydrogen-bond acceptors (Lipinski definition) is 9. The predicted octanol–water partition coefficient (Wildman–Crippen LogP) is 3.42. The van der Waals surface area contributed by atoms with Gasteiger partial charge in [0.2, 0.25) is 5.91 Å². The number of halogens is 2. The minimum Gasteiger partial charge on any atom is -0.461 e. The fourth-order valence-corrected chi connectivity index (χ4v) is 4.48. The van der Waals surface area contributed by atoms with E-state index in [1.165, 1.54) is 32.1 Å². The van der Waals surface area contributed by atoms with Crippen molar-refractivity contribution in [2.45, 2.75) is 52.0 Å². The predicted molar refractivity (Wildman–Crippen MR) is 146 cm³/mol. The molecule has 0 aliphatic rings. The molecule has 0 fully saturated rings. The van der Waals surface area contributed by atoms with E-state index < -0.39 is 54.1 Å². The lowest BCUT2D eigenvalue weighted by atomic mass is 9.94. The standard InChI is InChI=1S/C27H30F2N4O7S/c1-4-39-25(37)27(28,29)22(35)21(16(2)3)32-20(34)14-33-23(19-11-8-12-41-19)30-13-18(24(33)36)31-26(38)40-15-17-9-6-5-7-10-17/h5-13,16,21-22,35H,4,14-15H2,1-3H3,(H,31,38)(H,32,34).